The minimum absolute atomic E-state index is 0.201. The Morgan fingerprint density at radius 1 is 1.29 bits per heavy atom. The van der Waals surface area contributed by atoms with Crippen molar-refractivity contribution in [3.05, 3.63) is 36.6 Å². The topological polar surface area (TPSA) is 30.7 Å². The first kappa shape index (κ1) is 8.80. The molecule has 2 aromatic heterocycles. The minimum atomic E-state index is -0.844. The Hall–Kier alpha value is -1.78. The van der Waals surface area contributed by atoms with Crippen molar-refractivity contribution >= 4 is 0 Å². The van der Waals surface area contributed by atoms with Crippen molar-refractivity contribution in [2.24, 2.45) is 7.05 Å². The number of aromatic nitrogens is 3. The van der Waals surface area contributed by atoms with Gasteiger partial charge in [-0.2, -0.15) is 13.8 Å². The highest BCUT2D eigenvalue weighted by atomic mass is 19.1. The maximum absolute atomic E-state index is 13.1. The Bertz CT molecular complexity index is 465. The summed E-state index contributed by atoms with van der Waals surface area (Å²) in [7, 11) is 1.77. The standard InChI is InChI=1S/C9H7F2N3/c1-14-4-7(12-5-14)6-2-3-8(10)13-9(6)11/h2-5H,1H3. The van der Waals surface area contributed by atoms with Gasteiger partial charge in [-0.15, -0.1) is 0 Å². The van der Waals surface area contributed by atoms with E-state index in [1.807, 2.05) is 0 Å². The quantitative estimate of drug-likeness (QED) is 0.649. The summed E-state index contributed by atoms with van der Waals surface area (Å²) in [5.74, 6) is -1.68. The van der Waals surface area contributed by atoms with Crippen LogP contribution in [0.15, 0.2) is 24.7 Å². The third-order valence-corrected chi connectivity index (χ3v) is 1.80. The normalized spacial score (nSPS) is 10.5. The van der Waals surface area contributed by atoms with E-state index in [1.54, 1.807) is 17.8 Å². The van der Waals surface area contributed by atoms with Crippen molar-refractivity contribution in [3.8, 4) is 11.3 Å². The summed E-state index contributed by atoms with van der Waals surface area (Å²) in [6.07, 6.45) is 3.18. The molecule has 72 valence electrons. The van der Waals surface area contributed by atoms with Crippen molar-refractivity contribution in [2.75, 3.05) is 0 Å². The number of halogens is 2. The van der Waals surface area contributed by atoms with Gasteiger partial charge in [0.15, 0.2) is 0 Å². The molecule has 14 heavy (non-hydrogen) atoms. The Morgan fingerprint density at radius 3 is 2.64 bits per heavy atom. The third kappa shape index (κ3) is 1.48. The van der Waals surface area contributed by atoms with Crippen molar-refractivity contribution in [1.82, 2.24) is 14.5 Å². The Labute approximate surface area is 79.0 Å². The first-order chi connectivity index (χ1) is 6.66. The fourth-order valence-corrected chi connectivity index (χ4v) is 1.16. The SMILES string of the molecule is Cn1cnc(-c2ccc(F)nc2F)c1. The molecule has 2 rings (SSSR count). The Kier molecular flexibility index (Phi) is 1.99. The second-order valence-corrected chi connectivity index (χ2v) is 2.90. The van der Waals surface area contributed by atoms with Gasteiger partial charge in [0, 0.05) is 13.2 Å². The molecular formula is C9H7F2N3. The zero-order chi connectivity index (χ0) is 10.1. The molecule has 0 N–H and O–H groups in total. The molecule has 0 amide bonds. The highest BCUT2D eigenvalue weighted by molar-refractivity contribution is 5.57. The lowest BCUT2D eigenvalue weighted by Crippen LogP contribution is -1.92. The van der Waals surface area contributed by atoms with E-state index >= 15 is 0 Å². The molecule has 0 unspecified atom stereocenters. The lowest BCUT2D eigenvalue weighted by atomic mass is 10.2. The van der Waals surface area contributed by atoms with Gasteiger partial charge in [-0.1, -0.05) is 0 Å². The predicted molar refractivity (Wildman–Crippen MR) is 46.4 cm³/mol. The number of aryl methyl sites for hydroxylation is 1. The van der Waals surface area contributed by atoms with Crippen LogP contribution in [-0.2, 0) is 7.05 Å². The Balaban J connectivity index is 2.52. The molecular weight excluding hydrogens is 188 g/mol. The van der Waals surface area contributed by atoms with Gasteiger partial charge in [-0.3, -0.25) is 0 Å². The molecule has 0 saturated carbocycles. The van der Waals surface area contributed by atoms with E-state index < -0.39 is 11.9 Å². The summed E-state index contributed by atoms with van der Waals surface area (Å²) in [5, 5.41) is 0. The molecule has 0 aliphatic heterocycles. The summed E-state index contributed by atoms with van der Waals surface area (Å²) in [5.41, 5.74) is 0.643. The lowest BCUT2D eigenvalue weighted by molar-refractivity contribution is 0.515. The average Bonchev–Trinajstić information content (AvgIpc) is 2.51. The van der Waals surface area contributed by atoms with Crippen molar-refractivity contribution in [3.63, 3.8) is 0 Å². The van der Waals surface area contributed by atoms with Gasteiger partial charge in [0.2, 0.25) is 11.9 Å². The Morgan fingerprint density at radius 2 is 2.07 bits per heavy atom. The molecule has 0 aliphatic carbocycles. The van der Waals surface area contributed by atoms with Gasteiger partial charge in [0.05, 0.1) is 17.6 Å². The second-order valence-electron chi connectivity index (χ2n) is 2.90. The van der Waals surface area contributed by atoms with Crippen molar-refractivity contribution < 1.29 is 8.78 Å². The van der Waals surface area contributed by atoms with Crippen LogP contribution in [0.3, 0.4) is 0 Å². The molecule has 0 saturated heterocycles. The number of rotatable bonds is 1. The maximum Gasteiger partial charge on any atom is 0.225 e. The first-order valence-corrected chi connectivity index (χ1v) is 3.97. The molecule has 0 bridgehead atoms. The largest absolute Gasteiger partial charge is 0.340 e. The van der Waals surface area contributed by atoms with Crippen LogP contribution in [0.25, 0.3) is 11.3 Å². The van der Waals surface area contributed by atoms with Crippen LogP contribution in [0.4, 0.5) is 8.78 Å². The van der Waals surface area contributed by atoms with Crippen LogP contribution in [-0.4, -0.2) is 14.5 Å². The van der Waals surface area contributed by atoms with E-state index in [0.717, 1.165) is 6.07 Å². The van der Waals surface area contributed by atoms with E-state index in [-0.39, 0.29) is 5.56 Å². The summed E-state index contributed by atoms with van der Waals surface area (Å²) < 4.78 is 27.3. The number of hydrogen-bond acceptors (Lipinski definition) is 2. The highest BCUT2D eigenvalue weighted by Gasteiger charge is 2.09. The van der Waals surface area contributed by atoms with Crippen LogP contribution < -0.4 is 0 Å². The van der Waals surface area contributed by atoms with Gasteiger partial charge in [-0.25, -0.2) is 4.98 Å². The molecule has 0 fully saturated rings. The van der Waals surface area contributed by atoms with Gasteiger partial charge in [0.25, 0.3) is 0 Å². The smallest absolute Gasteiger partial charge is 0.225 e. The molecule has 0 aliphatic rings. The zero-order valence-electron chi connectivity index (χ0n) is 7.41. The number of pyridine rings is 1. The van der Waals surface area contributed by atoms with Crippen LogP contribution in [0.5, 0.6) is 0 Å². The number of hydrogen-bond donors (Lipinski definition) is 0. The predicted octanol–water partition coefficient (Wildman–Crippen LogP) is 1.76. The fourth-order valence-electron chi connectivity index (χ4n) is 1.16. The molecule has 3 nitrogen and oxygen atoms in total. The maximum atomic E-state index is 13.1. The molecule has 0 aromatic carbocycles. The highest BCUT2D eigenvalue weighted by Crippen LogP contribution is 2.18. The van der Waals surface area contributed by atoms with E-state index in [0.29, 0.717) is 5.69 Å². The van der Waals surface area contributed by atoms with Gasteiger partial charge in [0.1, 0.15) is 0 Å². The summed E-state index contributed by atoms with van der Waals surface area (Å²) in [4.78, 5) is 7.01. The second kappa shape index (κ2) is 3.17. The summed E-state index contributed by atoms with van der Waals surface area (Å²) in [6.45, 7) is 0. The van der Waals surface area contributed by atoms with E-state index in [4.69, 9.17) is 0 Å². The van der Waals surface area contributed by atoms with E-state index in [2.05, 4.69) is 9.97 Å². The fraction of sp³-hybridized carbons (Fsp3) is 0.111. The molecule has 5 heteroatoms. The molecule has 2 aromatic rings. The van der Waals surface area contributed by atoms with E-state index in [1.165, 1.54) is 12.4 Å². The van der Waals surface area contributed by atoms with Crippen LogP contribution in [0, 0.1) is 11.9 Å². The molecule has 0 spiro atoms. The van der Waals surface area contributed by atoms with Gasteiger partial charge < -0.3 is 4.57 Å². The lowest BCUT2D eigenvalue weighted by Gasteiger charge is -1.97. The van der Waals surface area contributed by atoms with Crippen molar-refractivity contribution in [1.29, 1.82) is 0 Å². The number of nitrogens with zero attached hydrogens (tertiary/aromatic N) is 3. The van der Waals surface area contributed by atoms with Crippen molar-refractivity contribution in [2.45, 2.75) is 0 Å². The molecule has 0 radical (unpaired) electrons. The van der Waals surface area contributed by atoms with Crippen LogP contribution >= 0.6 is 0 Å². The summed E-state index contributed by atoms with van der Waals surface area (Å²) in [6, 6.07) is 2.42. The zero-order valence-corrected chi connectivity index (χ0v) is 7.41. The third-order valence-electron chi connectivity index (χ3n) is 1.80. The van der Waals surface area contributed by atoms with Gasteiger partial charge >= 0.3 is 0 Å². The van der Waals surface area contributed by atoms with Gasteiger partial charge in [-0.05, 0) is 12.1 Å². The van der Waals surface area contributed by atoms with E-state index in [9.17, 15) is 8.78 Å². The average molecular weight is 195 g/mol. The monoisotopic (exact) mass is 195 g/mol. The molecule has 0 atom stereocenters. The molecule has 2 heterocycles. The van der Waals surface area contributed by atoms with Crippen LogP contribution in [0.1, 0.15) is 0 Å². The van der Waals surface area contributed by atoms with Crippen LogP contribution in [0.2, 0.25) is 0 Å². The minimum Gasteiger partial charge on any atom is -0.340 e. The number of imidazole rings is 1. The summed E-state index contributed by atoms with van der Waals surface area (Å²) >= 11 is 0. The first-order valence-electron chi connectivity index (χ1n) is 3.97.